The van der Waals surface area contributed by atoms with E-state index in [4.69, 9.17) is 14.2 Å². The van der Waals surface area contributed by atoms with Gasteiger partial charge in [-0.15, -0.1) is 0 Å². The van der Waals surface area contributed by atoms with E-state index in [-0.39, 0.29) is 23.8 Å². The first-order valence-corrected chi connectivity index (χ1v) is 13.1. The molecule has 0 atom stereocenters. The third-order valence-corrected chi connectivity index (χ3v) is 7.93. The maximum Gasteiger partial charge on any atom is 0.357 e. The Hall–Kier alpha value is -3.47. The van der Waals surface area contributed by atoms with Crippen LogP contribution in [-0.2, 0) is 26.1 Å². The van der Waals surface area contributed by atoms with Crippen LogP contribution in [0.25, 0.3) is 21.8 Å². The standard InChI is InChI=1S/C26H29N3O6S/c1-5-29(6-2)36(31,32)19-11-8-17(9-12-19)35-18-10-13-22-20(14-18)24-21(16-33-4)25(26(30)34-7-3)27-15-23(24)28-22/h8-15,28H,5-7,16H2,1-4H3. The first-order chi connectivity index (χ1) is 17.3. The molecular weight excluding hydrogens is 482 g/mol. The number of aromatic nitrogens is 2. The van der Waals surface area contributed by atoms with E-state index in [1.54, 1.807) is 44.5 Å². The van der Waals surface area contributed by atoms with E-state index >= 15 is 0 Å². The Morgan fingerprint density at radius 1 is 1.00 bits per heavy atom. The minimum absolute atomic E-state index is 0.180. The van der Waals surface area contributed by atoms with Crippen LogP contribution in [0, 0.1) is 0 Å². The van der Waals surface area contributed by atoms with Crippen molar-refractivity contribution in [2.75, 3.05) is 26.8 Å². The number of esters is 1. The van der Waals surface area contributed by atoms with Crippen molar-refractivity contribution in [3.05, 3.63) is 59.9 Å². The molecule has 0 amide bonds. The monoisotopic (exact) mass is 511 g/mol. The number of nitrogens with one attached hydrogen (secondary N) is 1. The highest BCUT2D eigenvalue weighted by Gasteiger charge is 2.22. The molecule has 0 radical (unpaired) electrons. The lowest BCUT2D eigenvalue weighted by Crippen LogP contribution is -2.30. The van der Waals surface area contributed by atoms with Gasteiger partial charge in [0.2, 0.25) is 10.0 Å². The quantitative estimate of drug-likeness (QED) is 0.303. The molecule has 0 fully saturated rings. The fourth-order valence-electron chi connectivity index (χ4n) is 4.19. The maximum atomic E-state index is 12.7. The van der Waals surface area contributed by atoms with Gasteiger partial charge in [-0.05, 0) is 49.4 Å². The van der Waals surface area contributed by atoms with Gasteiger partial charge in [0.15, 0.2) is 5.69 Å². The molecule has 0 bridgehead atoms. The SMILES string of the molecule is CCOC(=O)c1ncc2[nH]c3ccc(Oc4ccc(S(=O)(=O)N(CC)CC)cc4)cc3c2c1COC. The first kappa shape index (κ1) is 25.6. The average Bonchev–Trinajstić information content (AvgIpc) is 3.24. The van der Waals surface area contributed by atoms with Crippen LogP contribution in [-0.4, -0.2) is 55.5 Å². The Kier molecular flexibility index (Phi) is 7.58. The molecule has 1 N–H and O–H groups in total. The van der Waals surface area contributed by atoms with E-state index in [2.05, 4.69) is 9.97 Å². The van der Waals surface area contributed by atoms with Gasteiger partial charge < -0.3 is 19.2 Å². The average molecular weight is 512 g/mol. The van der Waals surface area contributed by atoms with Crippen LogP contribution in [0.3, 0.4) is 0 Å². The first-order valence-electron chi connectivity index (χ1n) is 11.7. The van der Waals surface area contributed by atoms with Crippen molar-refractivity contribution in [1.29, 1.82) is 0 Å². The second-order valence-corrected chi connectivity index (χ2v) is 9.96. The molecule has 0 unspecified atom stereocenters. The van der Waals surface area contributed by atoms with Crippen LogP contribution >= 0.6 is 0 Å². The summed E-state index contributed by atoms with van der Waals surface area (Å²) in [6.07, 6.45) is 1.61. The Morgan fingerprint density at radius 2 is 1.69 bits per heavy atom. The summed E-state index contributed by atoms with van der Waals surface area (Å²) in [4.78, 5) is 20.4. The van der Waals surface area contributed by atoms with Crippen molar-refractivity contribution >= 4 is 37.8 Å². The van der Waals surface area contributed by atoms with Gasteiger partial charge >= 0.3 is 5.97 Å². The van der Waals surface area contributed by atoms with E-state index in [0.717, 1.165) is 21.8 Å². The third-order valence-electron chi connectivity index (χ3n) is 5.87. The Balaban J connectivity index is 1.71. The minimum Gasteiger partial charge on any atom is -0.461 e. The molecule has 0 saturated carbocycles. The molecule has 36 heavy (non-hydrogen) atoms. The van der Waals surface area contributed by atoms with Gasteiger partial charge in [-0.3, -0.25) is 0 Å². The zero-order chi connectivity index (χ0) is 25.9. The van der Waals surface area contributed by atoms with Crippen molar-refractivity contribution in [2.45, 2.75) is 32.3 Å². The molecule has 4 aromatic rings. The van der Waals surface area contributed by atoms with Gasteiger partial charge in [0, 0.05) is 42.1 Å². The summed E-state index contributed by atoms with van der Waals surface area (Å²) in [5, 5.41) is 1.64. The number of nitrogens with zero attached hydrogens (tertiary/aromatic N) is 2. The summed E-state index contributed by atoms with van der Waals surface area (Å²) in [5.74, 6) is 0.548. The van der Waals surface area contributed by atoms with Crippen molar-refractivity contribution in [1.82, 2.24) is 14.3 Å². The minimum atomic E-state index is -3.54. The number of H-pyrrole nitrogens is 1. The molecule has 0 aliphatic carbocycles. The smallest absolute Gasteiger partial charge is 0.357 e. The van der Waals surface area contributed by atoms with Crippen LogP contribution in [0.4, 0.5) is 0 Å². The van der Waals surface area contributed by atoms with Crippen LogP contribution in [0.15, 0.2) is 53.6 Å². The number of hydrogen-bond donors (Lipinski definition) is 1. The van der Waals surface area contributed by atoms with E-state index in [1.807, 2.05) is 32.0 Å². The van der Waals surface area contributed by atoms with Gasteiger partial charge in [0.05, 0.1) is 29.8 Å². The highest BCUT2D eigenvalue weighted by Crippen LogP contribution is 2.34. The topological polar surface area (TPSA) is 111 Å². The molecule has 2 aromatic carbocycles. The van der Waals surface area contributed by atoms with Crippen LogP contribution in [0.5, 0.6) is 11.5 Å². The highest BCUT2D eigenvalue weighted by molar-refractivity contribution is 7.89. The van der Waals surface area contributed by atoms with Crippen LogP contribution < -0.4 is 4.74 Å². The number of pyridine rings is 1. The summed E-state index contributed by atoms with van der Waals surface area (Å²) < 4.78 is 43.5. The molecule has 10 heteroatoms. The van der Waals surface area contributed by atoms with Crippen LogP contribution in [0.2, 0.25) is 0 Å². The van der Waals surface area contributed by atoms with Crippen molar-refractivity contribution in [3.63, 3.8) is 0 Å². The number of benzene rings is 2. The zero-order valence-electron chi connectivity index (χ0n) is 20.7. The van der Waals surface area contributed by atoms with Crippen molar-refractivity contribution in [3.8, 4) is 11.5 Å². The Morgan fingerprint density at radius 3 is 2.33 bits per heavy atom. The predicted octanol–water partition coefficient (Wildman–Crippen LogP) is 4.86. The summed E-state index contributed by atoms with van der Waals surface area (Å²) in [5.41, 5.74) is 2.44. The molecular formula is C26H29N3O6S. The molecule has 190 valence electrons. The van der Waals surface area contributed by atoms with E-state index < -0.39 is 16.0 Å². The Labute approximate surface area is 210 Å². The fraction of sp³-hybridized carbons (Fsp3) is 0.308. The number of aromatic amines is 1. The van der Waals surface area contributed by atoms with Gasteiger partial charge in [-0.25, -0.2) is 18.2 Å². The van der Waals surface area contributed by atoms with E-state index in [9.17, 15) is 13.2 Å². The molecule has 0 aliphatic heterocycles. The number of sulfonamides is 1. The number of carbonyl (C=O) groups is 1. The normalized spacial score (nSPS) is 11.9. The van der Waals surface area contributed by atoms with Gasteiger partial charge in [-0.2, -0.15) is 4.31 Å². The number of rotatable bonds is 10. The largest absolute Gasteiger partial charge is 0.461 e. The number of ether oxygens (including phenoxy) is 3. The molecule has 0 spiro atoms. The number of hydrogen-bond acceptors (Lipinski definition) is 7. The highest BCUT2D eigenvalue weighted by atomic mass is 32.2. The number of carbonyl (C=O) groups excluding carboxylic acids is 1. The second-order valence-electron chi connectivity index (χ2n) is 8.02. The summed E-state index contributed by atoms with van der Waals surface area (Å²) in [6.45, 7) is 6.59. The fourth-order valence-corrected chi connectivity index (χ4v) is 5.65. The lowest BCUT2D eigenvalue weighted by molar-refractivity contribution is 0.0514. The Bertz CT molecular complexity index is 1490. The zero-order valence-corrected chi connectivity index (χ0v) is 21.5. The molecule has 2 heterocycles. The van der Waals surface area contributed by atoms with Crippen molar-refractivity contribution < 1.29 is 27.4 Å². The lowest BCUT2D eigenvalue weighted by Gasteiger charge is -2.18. The van der Waals surface area contributed by atoms with Gasteiger partial charge in [0.1, 0.15) is 11.5 Å². The maximum absolute atomic E-state index is 12.7. The van der Waals surface area contributed by atoms with Gasteiger partial charge in [0.25, 0.3) is 0 Å². The molecule has 0 saturated heterocycles. The number of fused-ring (bicyclic) bond motifs is 3. The number of methoxy groups -OCH3 is 1. The van der Waals surface area contributed by atoms with E-state index in [0.29, 0.717) is 30.2 Å². The summed E-state index contributed by atoms with van der Waals surface area (Å²) >= 11 is 0. The lowest BCUT2D eigenvalue weighted by atomic mass is 10.1. The molecule has 2 aromatic heterocycles. The van der Waals surface area contributed by atoms with E-state index in [1.165, 1.54) is 4.31 Å². The second kappa shape index (κ2) is 10.7. The van der Waals surface area contributed by atoms with Crippen molar-refractivity contribution in [2.24, 2.45) is 0 Å². The molecule has 9 nitrogen and oxygen atoms in total. The molecule has 4 rings (SSSR count). The predicted molar refractivity (Wildman–Crippen MR) is 137 cm³/mol. The summed E-state index contributed by atoms with van der Waals surface area (Å²) in [6, 6.07) is 11.9. The van der Waals surface area contributed by atoms with Crippen LogP contribution in [0.1, 0.15) is 36.8 Å². The van der Waals surface area contributed by atoms with Gasteiger partial charge in [-0.1, -0.05) is 13.8 Å². The summed E-state index contributed by atoms with van der Waals surface area (Å²) in [7, 11) is -1.99. The molecule has 0 aliphatic rings. The third kappa shape index (κ3) is 4.79.